The molecule has 0 amide bonds. The van der Waals surface area contributed by atoms with Gasteiger partial charge in [0.2, 0.25) is 0 Å². The molecular weight excluding hydrogens is 296 g/mol. The Labute approximate surface area is 122 Å². The SMILES string of the molecule is CC(=O)c1ccc(Sc2nc(N)cc(=O)[nH]2)cc1[N+](=O)[O-]. The number of Topliss-reactive ketones (excluding diaryl/α,β-unsaturated/α-hetero) is 1. The third kappa shape index (κ3) is 3.45. The molecule has 21 heavy (non-hydrogen) atoms. The average Bonchev–Trinajstić information content (AvgIpc) is 2.36. The number of benzene rings is 1. The van der Waals surface area contributed by atoms with Gasteiger partial charge >= 0.3 is 0 Å². The number of hydrogen-bond acceptors (Lipinski definition) is 7. The van der Waals surface area contributed by atoms with Gasteiger partial charge in [0.15, 0.2) is 10.9 Å². The number of nitrogens with zero attached hydrogens (tertiary/aromatic N) is 2. The lowest BCUT2D eigenvalue weighted by molar-refractivity contribution is -0.385. The van der Waals surface area contributed by atoms with Gasteiger partial charge in [-0.1, -0.05) is 11.8 Å². The number of nitrogens with two attached hydrogens (primary N) is 1. The Kier molecular flexibility index (Phi) is 4.03. The minimum Gasteiger partial charge on any atom is -0.383 e. The number of ketones is 1. The first-order valence-electron chi connectivity index (χ1n) is 5.71. The molecule has 0 aliphatic heterocycles. The van der Waals surface area contributed by atoms with Gasteiger partial charge in [-0.3, -0.25) is 19.7 Å². The number of nitrogens with one attached hydrogen (secondary N) is 1. The summed E-state index contributed by atoms with van der Waals surface area (Å²) in [4.78, 5) is 39.8. The summed E-state index contributed by atoms with van der Waals surface area (Å²) < 4.78 is 0. The number of rotatable bonds is 4. The first-order chi connectivity index (χ1) is 9.86. The van der Waals surface area contributed by atoms with Gasteiger partial charge in [-0.2, -0.15) is 0 Å². The lowest BCUT2D eigenvalue weighted by Gasteiger charge is -2.04. The standard InChI is InChI=1S/C12H10N4O4S/c1-6(17)8-3-2-7(4-9(8)16(19)20)21-12-14-10(13)5-11(18)15-12/h2-5H,1H3,(H3,13,14,15,18). The number of carbonyl (C=O) groups excluding carboxylic acids is 1. The lowest BCUT2D eigenvalue weighted by Crippen LogP contribution is -2.09. The zero-order valence-corrected chi connectivity index (χ0v) is 11.6. The molecule has 0 spiro atoms. The lowest BCUT2D eigenvalue weighted by atomic mass is 10.1. The molecule has 0 unspecified atom stereocenters. The first kappa shape index (κ1) is 14.7. The maximum Gasteiger partial charge on any atom is 0.281 e. The fourth-order valence-electron chi connectivity index (χ4n) is 1.64. The van der Waals surface area contributed by atoms with E-state index in [4.69, 9.17) is 5.73 Å². The van der Waals surface area contributed by atoms with Crippen molar-refractivity contribution in [1.82, 2.24) is 9.97 Å². The van der Waals surface area contributed by atoms with Crippen LogP contribution in [0.1, 0.15) is 17.3 Å². The van der Waals surface area contributed by atoms with Crippen LogP contribution in [-0.2, 0) is 0 Å². The van der Waals surface area contributed by atoms with Gasteiger partial charge in [-0.05, 0) is 19.1 Å². The molecule has 1 heterocycles. The molecule has 1 aromatic heterocycles. The fraction of sp³-hybridized carbons (Fsp3) is 0.0833. The van der Waals surface area contributed by atoms with E-state index in [0.717, 1.165) is 17.8 Å². The summed E-state index contributed by atoms with van der Waals surface area (Å²) in [6, 6.07) is 5.29. The third-order valence-electron chi connectivity index (χ3n) is 2.50. The average molecular weight is 306 g/mol. The number of aromatic amines is 1. The summed E-state index contributed by atoms with van der Waals surface area (Å²) in [7, 11) is 0. The molecule has 0 saturated carbocycles. The van der Waals surface area contributed by atoms with Gasteiger partial charge in [0.25, 0.3) is 11.2 Å². The Morgan fingerprint density at radius 3 is 2.71 bits per heavy atom. The minimum absolute atomic E-state index is 0.0263. The molecule has 0 saturated heterocycles. The molecule has 0 aliphatic rings. The zero-order valence-electron chi connectivity index (χ0n) is 10.8. The van der Waals surface area contributed by atoms with E-state index < -0.39 is 16.3 Å². The summed E-state index contributed by atoms with van der Waals surface area (Å²) in [5.74, 6) is -0.343. The summed E-state index contributed by atoms with van der Waals surface area (Å²) in [6.45, 7) is 1.26. The molecule has 0 aliphatic carbocycles. The summed E-state index contributed by atoms with van der Waals surface area (Å²) >= 11 is 1.01. The highest BCUT2D eigenvalue weighted by Crippen LogP contribution is 2.30. The summed E-state index contributed by atoms with van der Waals surface area (Å²) in [6.07, 6.45) is 0. The zero-order chi connectivity index (χ0) is 15.6. The van der Waals surface area contributed by atoms with Crippen LogP contribution in [0.2, 0.25) is 0 Å². The number of nitro groups is 1. The molecule has 0 fully saturated rings. The molecule has 108 valence electrons. The fourth-order valence-corrected chi connectivity index (χ4v) is 2.47. The molecule has 2 rings (SSSR count). The molecular formula is C12H10N4O4S. The molecule has 1 aromatic carbocycles. The summed E-state index contributed by atoms with van der Waals surface area (Å²) in [5.41, 5.74) is 4.77. The van der Waals surface area contributed by atoms with Crippen LogP contribution in [0, 0.1) is 10.1 Å². The van der Waals surface area contributed by atoms with Crippen molar-refractivity contribution >= 4 is 29.1 Å². The molecule has 0 bridgehead atoms. The van der Waals surface area contributed by atoms with Gasteiger partial charge in [-0.15, -0.1) is 0 Å². The third-order valence-corrected chi connectivity index (χ3v) is 3.38. The van der Waals surface area contributed by atoms with E-state index in [9.17, 15) is 19.7 Å². The highest BCUT2D eigenvalue weighted by atomic mass is 32.2. The Balaban J connectivity index is 2.41. The van der Waals surface area contributed by atoms with Crippen LogP contribution in [0.15, 0.2) is 39.1 Å². The van der Waals surface area contributed by atoms with E-state index in [-0.39, 0.29) is 22.2 Å². The maximum atomic E-state index is 11.3. The number of aromatic nitrogens is 2. The van der Waals surface area contributed by atoms with Crippen molar-refractivity contribution in [3.63, 3.8) is 0 Å². The topological polar surface area (TPSA) is 132 Å². The monoisotopic (exact) mass is 306 g/mol. The Morgan fingerprint density at radius 1 is 1.43 bits per heavy atom. The van der Waals surface area contributed by atoms with Crippen molar-refractivity contribution in [3.8, 4) is 0 Å². The van der Waals surface area contributed by atoms with Crippen molar-refractivity contribution in [2.45, 2.75) is 17.0 Å². The Hall–Kier alpha value is -2.68. The molecule has 2 aromatic rings. The van der Waals surface area contributed by atoms with Gasteiger partial charge < -0.3 is 10.7 Å². The quantitative estimate of drug-likeness (QED) is 0.379. The smallest absolute Gasteiger partial charge is 0.281 e. The van der Waals surface area contributed by atoms with Crippen molar-refractivity contribution in [3.05, 3.63) is 50.3 Å². The Bertz CT molecular complexity index is 787. The highest BCUT2D eigenvalue weighted by Gasteiger charge is 2.18. The number of H-pyrrole nitrogens is 1. The van der Waals surface area contributed by atoms with E-state index in [2.05, 4.69) is 9.97 Å². The van der Waals surface area contributed by atoms with Crippen molar-refractivity contribution in [1.29, 1.82) is 0 Å². The van der Waals surface area contributed by atoms with Crippen LogP contribution in [0.25, 0.3) is 0 Å². The van der Waals surface area contributed by atoms with Gasteiger partial charge in [0.1, 0.15) is 5.82 Å². The number of carbonyl (C=O) groups is 1. The number of anilines is 1. The van der Waals surface area contributed by atoms with E-state index in [0.29, 0.717) is 4.90 Å². The van der Waals surface area contributed by atoms with Crippen LogP contribution >= 0.6 is 11.8 Å². The minimum atomic E-state index is -0.629. The van der Waals surface area contributed by atoms with E-state index >= 15 is 0 Å². The highest BCUT2D eigenvalue weighted by molar-refractivity contribution is 7.99. The largest absolute Gasteiger partial charge is 0.383 e. The predicted molar refractivity (Wildman–Crippen MR) is 76.5 cm³/mol. The van der Waals surface area contributed by atoms with Crippen molar-refractivity contribution in [2.75, 3.05) is 5.73 Å². The molecule has 0 atom stereocenters. The number of nitrogen functional groups attached to an aromatic ring is 1. The van der Waals surface area contributed by atoms with E-state index in [1.165, 1.54) is 25.1 Å². The maximum absolute atomic E-state index is 11.3. The van der Waals surface area contributed by atoms with Crippen LogP contribution in [0.3, 0.4) is 0 Å². The van der Waals surface area contributed by atoms with Gasteiger partial charge in [0.05, 0.1) is 10.5 Å². The normalized spacial score (nSPS) is 10.3. The second kappa shape index (κ2) is 5.75. The number of hydrogen-bond donors (Lipinski definition) is 2. The van der Waals surface area contributed by atoms with Crippen LogP contribution in [0.4, 0.5) is 11.5 Å². The van der Waals surface area contributed by atoms with Crippen molar-refractivity contribution < 1.29 is 9.72 Å². The van der Waals surface area contributed by atoms with E-state index in [1.807, 2.05) is 0 Å². The summed E-state index contributed by atoms with van der Waals surface area (Å²) in [5, 5.41) is 11.2. The predicted octanol–water partition coefficient (Wildman–Crippen LogP) is 1.61. The second-order valence-corrected chi connectivity index (χ2v) is 5.13. The molecule has 0 radical (unpaired) electrons. The molecule has 8 nitrogen and oxygen atoms in total. The first-order valence-corrected chi connectivity index (χ1v) is 6.52. The van der Waals surface area contributed by atoms with Gasteiger partial charge in [0, 0.05) is 17.0 Å². The molecule has 3 N–H and O–H groups in total. The molecule has 9 heteroatoms. The Morgan fingerprint density at radius 2 is 2.14 bits per heavy atom. The van der Waals surface area contributed by atoms with E-state index in [1.54, 1.807) is 0 Å². The van der Waals surface area contributed by atoms with Gasteiger partial charge in [-0.25, -0.2) is 4.98 Å². The van der Waals surface area contributed by atoms with Crippen molar-refractivity contribution in [2.24, 2.45) is 0 Å². The van der Waals surface area contributed by atoms with Crippen LogP contribution < -0.4 is 11.3 Å². The second-order valence-electron chi connectivity index (χ2n) is 4.07. The number of nitro benzene ring substituents is 1. The van der Waals surface area contributed by atoms with Crippen LogP contribution in [-0.4, -0.2) is 20.7 Å². The van der Waals surface area contributed by atoms with Crippen LogP contribution in [0.5, 0.6) is 0 Å².